The van der Waals surface area contributed by atoms with Crippen molar-refractivity contribution in [3.8, 4) is 0 Å². The molecule has 0 aromatic heterocycles. The van der Waals surface area contributed by atoms with Crippen molar-refractivity contribution < 1.29 is 24.5 Å². The van der Waals surface area contributed by atoms with Gasteiger partial charge in [-0.05, 0) is 33.3 Å². The first-order valence-corrected chi connectivity index (χ1v) is 6.57. The van der Waals surface area contributed by atoms with E-state index in [1.165, 1.54) is 0 Å². The normalized spacial score (nSPS) is 14.1. The maximum Gasteiger partial charge on any atom is 0.408 e. The van der Waals surface area contributed by atoms with Gasteiger partial charge >= 0.3 is 12.1 Å². The summed E-state index contributed by atoms with van der Waals surface area (Å²) >= 11 is 0. The van der Waals surface area contributed by atoms with Crippen molar-refractivity contribution >= 4 is 12.1 Å². The van der Waals surface area contributed by atoms with Crippen LogP contribution in [0, 0.1) is 6.92 Å². The highest BCUT2D eigenvalue weighted by Crippen LogP contribution is 2.20. The van der Waals surface area contributed by atoms with Crippen molar-refractivity contribution in [3.63, 3.8) is 0 Å². The Hall–Kier alpha value is -2.08. The van der Waals surface area contributed by atoms with Gasteiger partial charge in [0.2, 0.25) is 0 Å². The summed E-state index contributed by atoms with van der Waals surface area (Å²) in [6.07, 6.45) is -2.55. The summed E-state index contributed by atoms with van der Waals surface area (Å²) in [5, 5.41) is 21.2. The van der Waals surface area contributed by atoms with Crippen LogP contribution in [0.3, 0.4) is 0 Å². The number of hydrogen-bond donors (Lipinski definition) is 3. The van der Waals surface area contributed by atoms with Crippen molar-refractivity contribution in [2.45, 2.75) is 45.4 Å². The molecule has 2 atom stereocenters. The van der Waals surface area contributed by atoms with Crippen LogP contribution in [-0.2, 0) is 9.53 Å². The zero-order valence-electron chi connectivity index (χ0n) is 12.6. The Morgan fingerprint density at radius 2 is 1.90 bits per heavy atom. The van der Waals surface area contributed by atoms with E-state index < -0.39 is 29.8 Å². The Bertz CT molecular complexity index is 521. The molecule has 0 aliphatic rings. The highest BCUT2D eigenvalue weighted by Gasteiger charge is 2.30. The summed E-state index contributed by atoms with van der Waals surface area (Å²) in [7, 11) is 0. The molecule has 0 aliphatic heterocycles. The minimum atomic E-state index is -1.76. The summed E-state index contributed by atoms with van der Waals surface area (Å²) in [4.78, 5) is 22.8. The number of hydrogen-bond acceptors (Lipinski definition) is 4. The highest BCUT2D eigenvalue weighted by molar-refractivity contribution is 5.75. The van der Waals surface area contributed by atoms with Gasteiger partial charge in [0.05, 0.1) is 6.04 Å². The molecule has 1 aromatic rings. The molecule has 2 unspecified atom stereocenters. The average Bonchev–Trinajstić information content (AvgIpc) is 2.32. The smallest absolute Gasteiger partial charge is 0.408 e. The lowest BCUT2D eigenvalue weighted by Crippen LogP contribution is -2.42. The second-order valence-electron chi connectivity index (χ2n) is 5.82. The van der Waals surface area contributed by atoms with Crippen molar-refractivity contribution in [1.29, 1.82) is 0 Å². The van der Waals surface area contributed by atoms with E-state index in [1.54, 1.807) is 39.0 Å². The lowest BCUT2D eigenvalue weighted by molar-refractivity contribution is -0.148. The van der Waals surface area contributed by atoms with E-state index in [-0.39, 0.29) is 0 Å². The fourth-order valence-electron chi connectivity index (χ4n) is 1.79. The Balaban J connectivity index is 2.99. The maximum absolute atomic E-state index is 11.8. The van der Waals surface area contributed by atoms with Gasteiger partial charge in [0.15, 0.2) is 6.10 Å². The number of amides is 1. The number of alkyl carbamates (subject to hydrolysis) is 1. The van der Waals surface area contributed by atoms with Crippen molar-refractivity contribution in [2.24, 2.45) is 0 Å². The van der Waals surface area contributed by atoms with Gasteiger partial charge in [-0.1, -0.05) is 29.8 Å². The first kappa shape index (κ1) is 17.0. The number of aryl methyl sites for hydroxylation is 1. The van der Waals surface area contributed by atoms with Crippen LogP contribution in [0.4, 0.5) is 4.79 Å². The number of carbonyl (C=O) groups is 2. The van der Waals surface area contributed by atoms with Crippen LogP contribution in [0.5, 0.6) is 0 Å². The quantitative estimate of drug-likeness (QED) is 0.789. The lowest BCUT2D eigenvalue weighted by atomic mass is 10.00. The lowest BCUT2D eigenvalue weighted by Gasteiger charge is -2.25. The van der Waals surface area contributed by atoms with Crippen molar-refractivity contribution in [3.05, 3.63) is 35.4 Å². The molecule has 6 heteroatoms. The molecule has 6 nitrogen and oxygen atoms in total. The zero-order valence-corrected chi connectivity index (χ0v) is 12.6. The van der Waals surface area contributed by atoms with Crippen molar-refractivity contribution in [1.82, 2.24) is 5.32 Å². The van der Waals surface area contributed by atoms with E-state index in [0.717, 1.165) is 5.56 Å². The predicted molar refractivity (Wildman–Crippen MR) is 76.9 cm³/mol. The average molecular weight is 295 g/mol. The fraction of sp³-hybridized carbons (Fsp3) is 0.467. The monoisotopic (exact) mass is 295 g/mol. The Kier molecular flexibility index (Phi) is 5.32. The number of aliphatic hydroxyl groups excluding tert-OH is 1. The molecule has 0 aliphatic carbocycles. The van der Waals surface area contributed by atoms with Crippen LogP contribution in [-0.4, -0.2) is 34.0 Å². The number of carboxylic acid groups (broad SMARTS) is 1. The van der Waals surface area contributed by atoms with E-state index in [9.17, 15) is 14.7 Å². The van der Waals surface area contributed by atoms with Gasteiger partial charge in [0, 0.05) is 0 Å². The number of carboxylic acids is 1. The van der Waals surface area contributed by atoms with Crippen LogP contribution in [0.15, 0.2) is 24.3 Å². The first-order chi connectivity index (χ1) is 9.60. The third-order valence-electron chi connectivity index (χ3n) is 2.64. The third-order valence-corrected chi connectivity index (χ3v) is 2.64. The van der Waals surface area contributed by atoms with Gasteiger partial charge in [0.1, 0.15) is 5.60 Å². The minimum Gasteiger partial charge on any atom is -0.479 e. The zero-order chi connectivity index (χ0) is 16.2. The number of aliphatic carboxylic acids is 1. The molecule has 116 valence electrons. The third kappa shape index (κ3) is 5.43. The Morgan fingerprint density at radius 3 is 2.38 bits per heavy atom. The molecule has 3 N–H and O–H groups in total. The van der Waals surface area contributed by atoms with Gasteiger partial charge in [-0.3, -0.25) is 0 Å². The number of ether oxygens (including phenoxy) is 1. The molecule has 0 bridgehead atoms. The maximum atomic E-state index is 11.8. The molecule has 1 amide bonds. The molecule has 0 spiro atoms. The van der Waals surface area contributed by atoms with E-state index in [4.69, 9.17) is 9.84 Å². The van der Waals surface area contributed by atoms with Crippen molar-refractivity contribution in [2.75, 3.05) is 0 Å². The summed E-state index contributed by atoms with van der Waals surface area (Å²) in [5.74, 6) is -1.42. The fourth-order valence-corrected chi connectivity index (χ4v) is 1.79. The molecule has 0 saturated carbocycles. The van der Waals surface area contributed by atoms with E-state index >= 15 is 0 Å². The summed E-state index contributed by atoms with van der Waals surface area (Å²) in [5.41, 5.74) is 0.673. The van der Waals surface area contributed by atoms with Crippen LogP contribution in [0.2, 0.25) is 0 Å². The number of nitrogens with one attached hydrogen (secondary N) is 1. The Morgan fingerprint density at radius 1 is 1.29 bits per heavy atom. The van der Waals surface area contributed by atoms with Gasteiger partial charge in [0.25, 0.3) is 0 Å². The SMILES string of the molecule is Cc1cccc(C(NC(=O)OC(C)(C)C)C(O)C(=O)O)c1. The molecular formula is C15H21NO5. The summed E-state index contributed by atoms with van der Waals surface area (Å²) in [6.45, 7) is 6.92. The molecule has 0 heterocycles. The first-order valence-electron chi connectivity index (χ1n) is 6.57. The minimum absolute atomic E-state index is 0.496. The summed E-state index contributed by atoms with van der Waals surface area (Å²) in [6, 6.07) is 5.82. The van der Waals surface area contributed by atoms with Gasteiger partial charge in [-0.15, -0.1) is 0 Å². The van der Waals surface area contributed by atoms with Crippen LogP contribution in [0.1, 0.15) is 37.9 Å². The van der Waals surface area contributed by atoms with Crippen LogP contribution < -0.4 is 5.32 Å². The highest BCUT2D eigenvalue weighted by atomic mass is 16.6. The topological polar surface area (TPSA) is 95.9 Å². The molecule has 21 heavy (non-hydrogen) atoms. The number of aliphatic hydroxyl groups is 1. The summed E-state index contributed by atoms with van der Waals surface area (Å²) < 4.78 is 5.10. The van der Waals surface area contributed by atoms with Gasteiger partial charge < -0.3 is 20.3 Å². The second kappa shape index (κ2) is 6.58. The molecule has 1 aromatic carbocycles. The van der Waals surface area contributed by atoms with E-state index in [1.807, 2.05) is 13.0 Å². The number of rotatable bonds is 4. The van der Waals surface area contributed by atoms with Gasteiger partial charge in [-0.25, -0.2) is 9.59 Å². The molecule has 0 radical (unpaired) electrons. The van der Waals surface area contributed by atoms with Gasteiger partial charge in [-0.2, -0.15) is 0 Å². The molecule has 1 rings (SSSR count). The molecule has 0 saturated heterocycles. The van der Waals surface area contributed by atoms with E-state index in [0.29, 0.717) is 5.56 Å². The molecule has 0 fully saturated rings. The number of carbonyl (C=O) groups excluding carboxylic acids is 1. The largest absolute Gasteiger partial charge is 0.479 e. The second-order valence-corrected chi connectivity index (χ2v) is 5.82. The predicted octanol–water partition coefficient (Wildman–Crippen LogP) is 2.01. The van der Waals surface area contributed by atoms with Crippen LogP contribution in [0.25, 0.3) is 0 Å². The van der Waals surface area contributed by atoms with E-state index in [2.05, 4.69) is 5.32 Å². The van der Waals surface area contributed by atoms with Crippen LogP contribution >= 0.6 is 0 Å². The number of benzene rings is 1. The standard InChI is InChI=1S/C15H21NO5/c1-9-6-5-7-10(8-9)11(12(17)13(18)19)16-14(20)21-15(2,3)4/h5-8,11-12,17H,1-4H3,(H,16,20)(H,18,19). The molecular weight excluding hydrogens is 274 g/mol. The Labute approximate surface area is 123 Å².